The summed E-state index contributed by atoms with van der Waals surface area (Å²) in [4.78, 5) is 13.0. The Morgan fingerprint density at radius 1 is 1.24 bits per heavy atom. The van der Waals surface area contributed by atoms with Crippen molar-refractivity contribution in [1.29, 1.82) is 0 Å². The number of rotatable bonds is 5. The SMILES string of the molecule is CCCC1(C(=O)c2ccc(C3CCC3)cc2)CCCNC1. The van der Waals surface area contributed by atoms with Gasteiger partial charge in [-0.2, -0.15) is 0 Å². The van der Waals surface area contributed by atoms with Crippen LogP contribution in [0, 0.1) is 5.41 Å². The van der Waals surface area contributed by atoms with Crippen molar-refractivity contribution in [2.24, 2.45) is 5.41 Å². The highest BCUT2D eigenvalue weighted by Gasteiger charge is 2.38. The maximum atomic E-state index is 13.0. The van der Waals surface area contributed by atoms with Gasteiger partial charge in [-0.3, -0.25) is 4.79 Å². The summed E-state index contributed by atoms with van der Waals surface area (Å²) in [6, 6.07) is 8.52. The van der Waals surface area contributed by atoms with E-state index in [-0.39, 0.29) is 5.41 Å². The number of hydrogen-bond donors (Lipinski definition) is 1. The molecule has 0 aromatic heterocycles. The van der Waals surface area contributed by atoms with Crippen LogP contribution in [-0.4, -0.2) is 18.9 Å². The fourth-order valence-electron chi connectivity index (χ4n) is 3.92. The molecule has 21 heavy (non-hydrogen) atoms. The molecule has 1 N–H and O–H groups in total. The quantitative estimate of drug-likeness (QED) is 0.817. The standard InChI is InChI=1S/C19H27NO/c1-2-11-19(12-4-13-20-14-19)18(21)17-9-7-16(8-10-17)15-5-3-6-15/h7-10,15,20H,2-6,11-14H2,1H3. The van der Waals surface area contributed by atoms with Gasteiger partial charge in [0.05, 0.1) is 0 Å². The smallest absolute Gasteiger partial charge is 0.170 e. The van der Waals surface area contributed by atoms with Crippen LogP contribution in [0.3, 0.4) is 0 Å². The first-order valence-electron chi connectivity index (χ1n) is 8.61. The summed E-state index contributed by atoms with van der Waals surface area (Å²) in [7, 11) is 0. The topological polar surface area (TPSA) is 29.1 Å². The largest absolute Gasteiger partial charge is 0.316 e. The molecule has 2 nitrogen and oxygen atoms in total. The van der Waals surface area contributed by atoms with Gasteiger partial charge in [0.2, 0.25) is 0 Å². The summed E-state index contributed by atoms with van der Waals surface area (Å²) < 4.78 is 0. The van der Waals surface area contributed by atoms with E-state index in [1.807, 2.05) is 0 Å². The Hall–Kier alpha value is -1.15. The summed E-state index contributed by atoms with van der Waals surface area (Å²) in [6.07, 6.45) is 8.23. The second-order valence-electron chi connectivity index (χ2n) is 6.89. The molecular weight excluding hydrogens is 258 g/mol. The predicted molar refractivity (Wildman–Crippen MR) is 86.8 cm³/mol. The Kier molecular flexibility index (Phi) is 4.44. The van der Waals surface area contributed by atoms with Crippen LogP contribution in [0.2, 0.25) is 0 Å². The van der Waals surface area contributed by atoms with Crippen molar-refractivity contribution in [3.05, 3.63) is 35.4 Å². The normalized spacial score (nSPS) is 26.3. The van der Waals surface area contributed by atoms with E-state index in [0.29, 0.717) is 5.78 Å². The van der Waals surface area contributed by atoms with Gasteiger partial charge < -0.3 is 5.32 Å². The van der Waals surface area contributed by atoms with Crippen molar-refractivity contribution < 1.29 is 4.79 Å². The summed E-state index contributed by atoms with van der Waals surface area (Å²) in [5.41, 5.74) is 2.17. The molecule has 2 aliphatic rings. The number of piperidine rings is 1. The lowest BCUT2D eigenvalue weighted by Crippen LogP contribution is -2.45. The maximum absolute atomic E-state index is 13.0. The fraction of sp³-hybridized carbons (Fsp3) is 0.632. The molecule has 1 aromatic rings. The molecule has 0 bridgehead atoms. The molecule has 1 heterocycles. The van der Waals surface area contributed by atoms with Gasteiger partial charge in [0.25, 0.3) is 0 Å². The lowest BCUT2D eigenvalue weighted by molar-refractivity contribution is 0.0718. The molecule has 1 saturated carbocycles. The number of hydrogen-bond acceptors (Lipinski definition) is 2. The molecule has 1 unspecified atom stereocenters. The van der Waals surface area contributed by atoms with Gasteiger partial charge in [-0.15, -0.1) is 0 Å². The first kappa shape index (κ1) is 14.8. The molecule has 0 spiro atoms. The molecule has 0 radical (unpaired) electrons. The molecule has 0 amide bonds. The first-order valence-corrected chi connectivity index (χ1v) is 8.61. The van der Waals surface area contributed by atoms with Crippen LogP contribution < -0.4 is 5.32 Å². The van der Waals surface area contributed by atoms with Crippen molar-refractivity contribution in [1.82, 2.24) is 5.32 Å². The molecule has 3 rings (SSSR count). The minimum atomic E-state index is -0.162. The highest BCUT2D eigenvalue weighted by molar-refractivity contribution is 6.00. The van der Waals surface area contributed by atoms with Gasteiger partial charge >= 0.3 is 0 Å². The third-order valence-corrected chi connectivity index (χ3v) is 5.43. The molecule has 2 fully saturated rings. The Morgan fingerprint density at radius 2 is 2.00 bits per heavy atom. The monoisotopic (exact) mass is 285 g/mol. The minimum absolute atomic E-state index is 0.162. The van der Waals surface area contributed by atoms with E-state index in [1.165, 1.54) is 24.8 Å². The maximum Gasteiger partial charge on any atom is 0.170 e. The number of carbonyl (C=O) groups excluding carboxylic acids is 1. The van der Waals surface area contributed by atoms with Gasteiger partial charge in [-0.25, -0.2) is 0 Å². The van der Waals surface area contributed by atoms with Gasteiger partial charge in [0.1, 0.15) is 0 Å². The number of benzene rings is 1. The van der Waals surface area contributed by atoms with Crippen molar-refractivity contribution in [2.45, 2.75) is 57.8 Å². The predicted octanol–water partition coefficient (Wildman–Crippen LogP) is 4.31. The fourth-order valence-corrected chi connectivity index (χ4v) is 3.92. The van der Waals surface area contributed by atoms with E-state index in [0.717, 1.165) is 50.3 Å². The first-order chi connectivity index (χ1) is 10.2. The van der Waals surface area contributed by atoms with E-state index in [9.17, 15) is 4.79 Å². The van der Waals surface area contributed by atoms with Gasteiger partial charge in [0, 0.05) is 17.5 Å². The second-order valence-corrected chi connectivity index (χ2v) is 6.89. The van der Waals surface area contributed by atoms with E-state index < -0.39 is 0 Å². The Balaban J connectivity index is 1.78. The average molecular weight is 285 g/mol. The van der Waals surface area contributed by atoms with Crippen LogP contribution in [0.1, 0.15) is 73.7 Å². The molecule has 1 saturated heterocycles. The third-order valence-electron chi connectivity index (χ3n) is 5.43. The summed E-state index contributed by atoms with van der Waals surface area (Å²) in [5.74, 6) is 1.10. The van der Waals surface area contributed by atoms with Crippen molar-refractivity contribution >= 4 is 5.78 Å². The van der Waals surface area contributed by atoms with Crippen molar-refractivity contribution in [3.8, 4) is 0 Å². The minimum Gasteiger partial charge on any atom is -0.316 e. The zero-order chi connectivity index (χ0) is 14.7. The van der Waals surface area contributed by atoms with E-state index in [1.54, 1.807) is 0 Å². The van der Waals surface area contributed by atoms with Gasteiger partial charge in [-0.05, 0) is 50.1 Å². The average Bonchev–Trinajstić information content (AvgIpc) is 2.47. The summed E-state index contributed by atoms with van der Waals surface area (Å²) in [5, 5.41) is 3.44. The van der Waals surface area contributed by atoms with E-state index >= 15 is 0 Å². The van der Waals surface area contributed by atoms with Gasteiger partial charge in [-0.1, -0.05) is 44.0 Å². The van der Waals surface area contributed by atoms with Crippen LogP contribution >= 0.6 is 0 Å². The Morgan fingerprint density at radius 3 is 2.52 bits per heavy atom. The third kappa shape index (κ3) is 2.91. The molecule has 1 aromatic carbocycles. The van der Waals surface area contributed by atoms with E-state index in [2.05, 4.69) is 36.5 Å². The summed E-state index contributed by atoms with van der Waals surface area (Å²) in [6.45, 7) is 4.09. The lowest BCUT2D eigenvalue weighted by atomic mass is 9.71. The molecule has 2 heteroatoms. The molecule has 114 valence electrons. The van der Waals surface area contributed by atoms with Crippen molar-refractivity contribution in [3.63, 3.8) is 0 Å². The number of Topliss-reactive ketones (excluding diaryl/α,β-unsaturated/α-hetero) is 1. The number of nitrogens with one attached hydrogen (secondary N) is 1. The second kappa shape index (κ2) is 6.31. The van der Waals surface area contributed by atoms with Crippen LogP contribution in [-0.2, 0) is 0 Å². The highest BCUT2D eigenvalue weighted by atomic mass is 16.1. The van der Waals surface area contributed by atoms with E-state index in [4.69, 9.17) is 0 Å². The zero-order valence-electron chi connectivity index (χ0n) is 13.2. The van der Waals surface area contributed by atoms with Crippen LogP contribution in [0.4, 0.5) is 0 Å². The highest BCUT2D eigenvalue weighted by Crippen LogP contribution is 2.38. The van der Waals surface area contributed by atoms with Crippen LogP contribution in [0.25, 0.3) is 0 Å². The summed E-state index contributed by atoms with van der Waals surface area (Å²) >= 11 is 0. The zero-order valence-corrected chi connectivity index (χ0v) is 13.2. The Bertz CT molecular complexity index is 475. The van der Waals surface area contributed by atoms with Crippen LogP contribution in [0.15, 0.2) is 24.3 Å². The molecule has 1 aliphatic carbocycles. The number of ketones is 1. The molecule has 1 atom stereocenters. The van der Waals surface area contributed by atoms with Crippen molar-refractivity contribution in [2.75, 3.05) is 13.1 Å². The molecule has 1 aliphatic heterocycles. The molecular formula is C19H27NO. The number of carbonyl (C=O) groups is 1. The lowest BCUT2D eigenvalue weighted by Gasteiger charge is -2.36. The van der Waals surface area contributed by atoms with Crippen LogP contribution in [0.5, 0.6) is 0 Å². The Labute approximate surface area is 128 Å². The van der Waals surface area contributed by atoms with Gasteiger partial charge in [0.15, 0.2) is 5.78 Å².